The quantitative estimate of drug-likeness (QED) is 0.853. The predicted octanol–water partition coefficient (Wildman–Crippen LogP) is 2.28. The molecule has 0 aliphatic rings. The largest absolute Gasteiger partial charge is 0.339 e. The number of rotatable bonds is 4. The third-order valence-electron chi connectivity index (χ3n) is 2.35. The van der Waals surface area contributed by atoms with Crippen LogP contribution in [0.4, 0.5) is 0 Å². The summed E-state index contributed by atoms with van der Waals surface area (Å²) >= 11 is 0. The van der Waals surface area contributed by atoms with Gasteiger partial charge in [0.15, 0.2) is 5.82 Å². The van der Waals surface area contributed by atoms with E-state index in [9.17, 15) is 0 Å². The van der Waals surface area contributed by atoms with Gasteiger partial charge in [-0.1, -0.05) is 39.8 Å². The molecular formula is C12H23N3O. The molecule has 1 heterocycles. The van der Waals surface area contributed by atoms with Crippen molar-refractivity contribution in [3.8, 4) is 0 Å². The van der Waals surface area contributed by atoms with Crippen molar-refractivity contribution >= 4 is 0 Å². The van der Waals surface area contributed by atoms with Gasteiger partial charge in [0.05, 0.1) is 0 Å². The molecule has 1 rings (SSSR count). The SMILES string of the molecule is CC(C)CC(N)Cc1nc(C(C)(C)C)no1. The fourth-order valence-electron chi connectivity index (χ4n) is 1.56. The molecule has 1 aromatic rings. The molecule has 16 heavy (non-hydrogen) atoms. The molecule has 0 spiro atoms. The molecule has 2 N–H and O–H groups in total. The maximum Gasteiger partial charge on any atom is 0.228 e. The molecule has 0 radical (unpaired) electrons. The first-order valence-corrected chi connectivity index (χ1v) is 5.87. The minimum absolute atomic E-state index is 0.0656. The van der Waals surface area contributed by atoms with Crippen LogP contribution in [0.15, 0.2) is 4.52 Å². The Balaban J connectivity index is 2.59. The van der Waals surface area contributed by atoms with E-state index < -0.39 is 0 Å². The summed E-state index contributed by atoms with van der Waals surface area (Å²) in [7, 11) is 0. The topological polar surface area (TPSA) is 64.9 Å². The van der Waals surface area contributed by atoms with Gasteiger partial charge in [0, 0.05) is 17.9 Å². The summed E-state index contributed by atoms with van der Waals surface area (Å²) in [5.74, 6) is 2.00. The van der Waals surface area contributed by atoms with Gasteiger partial charge in [0.25, 0.3) is 0 Å². The normalized spacial score (nSPS) is 14.4. The highest BCUT2D eigenvalue weighted by Gasteiger charge is 2.21. The average molecular weight is 225 g/mol. The van der Waals surface area contributed by atoms with E-state index in [2.05, 4.69) is 44.8 Å². The van der Waals surface area contributed by atoms with Crippen LogP contribution >= 0.6 is 0 Å². The summed E-state index contributed by atoms with van der Waals surface area (Å²) < 4.78 is 5.20. The minimum atomic E-state index is -0.0656. The minimum Gasteiger partial charge on any atom is -0.339 e. The Bertz CT molecular complexity index is 325. The number of nitrogens with zero attached hydrogens (tertiary/aromatic N) is 2. The van der Waals surface area contributed by atoms with Gasteiger partial charge in [0.1, 0.15) is 0 Å². The van der Waals surface area contributed by atoms with Crippen molar-refractivity contribution in [1.82, 2.24) is 10.1 Å². The summed E-state index contributed by atoms with van der Waals surface area (Å²) in [5.41, 5.74) is 5.93. The average Bonchev–Trinajstić information content (AvgIpc) is 2.49. The predicted molar refractivity (Wildman–Crippen MR) is 64.1 cm³/mol. The van der Waals surface area contributed by atoms with E-state index >= 15 is 0 Å². The molecule has 0 saturated heterocycles. The van der Waals surface area contributed by atoms with Crippen molar-refractivity contribution < 1.29 is 4.52 Å². The van der Waals surface area contributed by atoms with Crippen LogP contribution in [0.25, 0.3) is 0 Å². The molecular weight excluding hydrogens is 202 g/mol. The van der Waals surface area contributed by atoms with Gasteiger partial charge in [0.2, 0.25) is 5.89 Å². The first kappa shape index (κ1) is 13.2. The molecule has 0 aliphatic carbocycles. The monoisotopic (exact) mass is 225 g/mol. The first-order valence-electron chi connectivity index (χ1n) is 5.87. The van der Waals surface area contributed by atoms with Crippen LogP contribution in [0.1, 0.15) is 52.8 Å². The molecule has 1 unspecified atom stereocenters. The van der Waals surface area contributed by atoms with Crippen molar-refractivity contribution in [2.75, 3.05) is 0 Å². The highest BCUT2D eigenvalue weighted by molar-refractivity contribution is 5.00. The van der Waals surface area contributed by atoms with E-state index in [-0.39, 0.29) is 11.5 Å². The summed E-state index contributed by atoms with van der Waals surface area (Å²) in [6, 6.07) is 0.105. The van der Waals surface area contributed by atoms with E-state index in [4.69, 9.17) is 10.3 Å². The molecule has 0 saturated carbocycles. The summed E-state index contributed by atoms with van der Waals surface area (Å²) in [5, 5.41) is 3.98. The number of hydrogen-bond donors (Lipinski definition) is 1. The van der Waals surface area contributed by atoms with E-state index in [1.165, 1.54) is 0 Å². The summed E-state index contributed by atoms with van der Waals surface area (Å²) in [6.07, 6.45) is 1.65. The van der Waals surface area contributed by atoms with Crippen molar-refractivity contribution in [2.24, 2.45) is 11.7 Å². The van der Waals surface area contributed by atoms with Crippen molar-refractivity contribution in [1.29, 1.82) is 0 Å². The second-order valence-electron chi connectivity index (χ2n) is 5.86. The lowest BCUT2D eigenvalue weighted by atomic mass is 9.96. The van der Waals surface area contributed by atoms with Crippen LogP contribution in [0.3, 0.4) is 0 Å². The molecule has 0 fully saturated rings. The second kappa shape index (κ2) is 4.95. The Hall–Kier alpha value is -0.900. The zero-order valence-electron chi connectivity index (χ0n) is 10.9. The zero-order valence-corrected chi connectivity index (χ0v) is 10.9. The van der Waals surface area contributed by atoms with Crippen molar-refractivity contribution in [2.45, 2.75) is 58.9 Å². The van der Waals surface area contributed by atoms with Crippen molar-refractivity contribution in [3.63, 3.8) is 0 Å². The van der Waals surface area contributed by atoms with Gasteiger partial charge in [-0.15, -0.1) is 0 Å². The smallest absolute Gasteiger partial charge is 0.228 e. The Morgan fingerprint density at radius 3 is 2.38 bits per heavy atom. The van der Waals surface area contributed by atoms with Crippen LogP contribution < -0.4 is 5.73 Å². The molecule has 4 nitrogen and oxygen atoms in total. The lowest BCUT2D eigenvalue weighted by Gasteiger charge is -2.12. The highest BCUT2D eigenvalue weighted by Crippen LogP contribution is 2.19. The Morgan fingerprint density at radius 2 is 1.94 bits per heavy atom. The van der Waals surface area contributed by atoms with Crippen LogP contribution in [0.2, 0.25) is 0 Å². The van der Waals surface area contributed by atoms with Gasteiger partial charge < -0.3 is 10.3 Å². The van der Waals surface area contributed by atoms with Crippen molar-refractivity contribution in [3.05, 3.63) is 11.7 Å². The third kappa shape index (κ3) is 3.93. The third-order valence-corrected chi connectivity index (χ3v) is 2.35. The summed E-state index contributed by atoms with van der Waals surface area (Å²) in [6.45, 7) is 10.5. The van der Waals surface area contributed by atoms with E-state index in [1.54, 1.807) is 0 Å². The Morgan fingerprint density at radius 1 is 1.31 bits per heavy atom. The standard InChI is InChI=1S/C12H23N3O/c1-8(2)6-9(13)7-10-14-11(15-16-10)12(3,4)5/h8-9H,6-7,13H2,1-5H3. The first-order chi connectivity index (χ1) is 7.29. The lowest BCUT2D eigenvalue weighted by molar-refractivity contribution is 0.348. The Kier molecular flexibility index (Phi) is 4.08. The second-order valence-corrected chi connectivity index (χ2v) is 5.86. The zero-order chi connectivity index (χ0) is 12.3. The maximum atomic E-state index is 6.00. The molecule has 0 aliphatic heterocycles. The van der Waals surface area contributed by atoms with Gasteiger partial charge in [-0.3, -0.25) is 0 Å². The molecule has 1 aromatic heterocycles. The highest BCUT2D eigenvalue weighted by atomic mass is 16.5. The van der Waals surface area contributed by atoms with Crippen LogP contribution in [-0.4, -0.2) is 16.2 Å². The Labute approximate surface area is 97.6 Å². The van der Waals surface area contributed by atoms with E-state index in [0.717, 1.165) is 12.2 Å². The molecule has 92 valence electrons. The number of aromatic nitrogens is 2. The van der Waals surface area contributed by atoms with Gasteiger partial charge >= 0.3 is 0 Å². The van der Waals surface area contributed by atoms with Gasteiger partial charge in [-0.05, 0) is 12.3 Å². The number of hydrogen-bond acceptors (Lipinski definition) is 4. The maximum absolute atomic E-state index is 6.00. The molecule has 4 heteroatoms. The van der Waals surface area contributed by atoms with E-state index in [1.807, 2.05) is 0 Å². The van der Waals surface area contributed by atoms with E-state index in [0.29, 0.717) is 18.2 Å². The molecule has 0 amide bonds. The molecule has 0 aromatic carbocycles. The lowest BCUT2D eigenvalue weighted by Crippen LogP contribution is -2.25. The molecule has 0 bridgehead atoms. The van der Waals surface area contributed by atoms with Gasteiger partial charge in [-0.25, -0.2) is 0 Å². The fraction of sp³-hybridized carbons (Fsp3) is 0.833. The fourth-order valence-corrected chi connectivity index (χ4v) is 1.56. The van der Waals surface area contributed by atoms with Gasteiger partial charge in [-0.2, -0.15) is 4.98 Å². The van der Waals surface area contributed by atoms with Crippen LogP contribution in [-0.2, 0) is 11.8 Å². The van der Waals surface area contributed by atoms with Crippen LogP contribution in [0.5, 0.6) is 0 Å². The summed E-state index contributed by atoms with van der Waals surface area (Å²) in [4.78, 5) is 4.37. The van der Waals surface area contributed by atoms with Crippen LogP contribution in [0, 0.1) is 5.92 Å². The molecule has 1 atom stereocenters. The number of nitrogens with two attached hydrogens (primary N) is 1.